The van der Waals surface area contributed by atoms with Gasteiger partial charge in [0.1, 0.15) is 8.07 Å². The van der Waals surface area contributed by atoms with Crippen LogP contribution < -0.4 is 5.19 Å². The van der Waals surface area contributed by atoms with E-state index < -0.39 is 8.07 Å². The highest BCUT2D eigenvalue weighted by Crippen LogP contribution is 2.39. The molecule has 27 heavy (non-hydrogen) atoms. The Balaban J connectivity index is 1.98. The fourth-order valence-electron chi connectivity index (χ4n) is 3.44. The molecule has 0 atom stereocenters. The standard InChI is InChI=1S/C23H31BO2Si/c1-22(2)23(3,4)26-24(25-22)20(17-19-13-9-7-10-14-19)18-27(5,6)21-15-11-8-12-16-21/h7-16,18H,17H2,1-6H3/b20-18-. The van der Waals surface area contributed by atoms with Gasteiger partial charge in [0.05, 0.1) is 11.2 Å². The van der Waals surface area contributed by atoms with E-state index in [4.69, 9.17) is 9.31 Å². The Labute approximate surface area is 165 Å². The van der Waals surface area contributed by atoms with Crippen LogP contribution in [0.4, 0.5) is 0 Å². The molecular weight excluding hydrogens is 347 g/mol. The molecule has 4 heteroatoms. The Morgan fingerprint density at radius 3 is 1.85 bits per heavy atom. The van der Waals surface area contributed by atoms with Gasteiger partial charge in [-0.2, -0.15) is 0 Å². The van der Waals surface area contributed by atoms with Crippen LogP contribution in [-0.4, -0.2) is 26.4 Å². The molecule has 1 aliphatic rings. The Bertz CT molecular complexity index is 782. The van der Waals surface area contributed by atoms with Crippen LogP contribution in [-0.2, 0) is 15.7 Å². The minimum Gasteiger partial charge on any atom is -0.400 e. The van der Waals surface area contributed by atoms with Crippen LogP contribution in [0.15, 0.2) is 71.8 Å². The molecule has 0 saturated carbocycles. The zero-order chi connectivity index (χ0) is 19.7. The predicted molar refractivity (Wildman–Crippen MR) is 118 cm³/mol. The average molecular weight is 378 g/mol. The van der Waals surface area contributed by atoms with Gasteiger partial charge in [0.2, 0.25) is 0 Å². The Kier molecular flexibility index (Phi) is 5.53. The van der Waals surface area contributed by atoms with E-state index in [1.54, 1.807) is 0 Å². The van der Waals surface area contributed by atoms with Crippen molar-refractivity contribution in [1.82, 2.24) is 0 Å². The molecule has 0 aliphatic carbocycles. The van der Waals surface area contributed by atoms with E-state index in [1.807, 2.05) is 0 Å². The smallest absolute Gasteiger partial charge is 0.400 e. The number of hydrogen-bond donors (Lipinski definition) is 0. The van der Waals surface area contributed by atoms with Crippen molar-refractivity contribution in [2.75, 3.05) is 0 Å². The highest BCUT2D eigenvalue weighted by Gasteiger charge is 2.52. The average Bonchev–Trinajstić information content (AvgIpc) is 2.84. The summed E-state index contributed by atoms with van der Waals surface area (Å²) >= 11 is 0. The number of hydrogen-bond acceptors (Lipinski definition) is 2. The molecule has 0 amide bonds. The van der Waals surface area contributed by atoms with Gasteiger partial charge in [0, 0.05) is 0 Å². The third kappa shape index (κ3) is 4.45. The molecule has 0 unspecified atom stereocenters. The van der Waals surface area contributed by atoms with E-state index in [9.17, 15) is 0 Å². The van der Waals surface area contributed by atoms with Gasteiger partial charge in [0.15, 0.2) is 0 Å². The largest absolute Gasteiger partial charge is 0.490 e. The first-order chi connectivity index (χ1) is 12.6. The fraction of sp³-hybridized carbons (Fsp3) is 0.391. The number of rotatable bonds is 5. The molecule has 0 spiro atoms. The van der Waals surface area contributed by atoms with Crippen LogP contribution in [0.1, 0.15) is 33.3 Å². The topological polar surface area (TPSA) is 18.5 Å². The summed E-state index contributed by atoms with van der Waals surface area (Å²) in [6, 6.07) is 21.4. The second-order valence-electron chi connectivity index (χ2n) is 9.06. The van der Waals surface area contributed by atoms with Crippen LogP contribution in [0.3, 0.4) is 0 Å². The van der Waals surface area contributed by atoms with E-state index in [-0.39, 0.29) is 18.3 Å². The van der Waals surface area contributed by atoms with Gasteiger partial charge in [-0.1, -0.05) is 84.6 Å². The molecule has 0 aromatic heterocycles. The van der Waals surface area contributed by atoms with Crippen LogP contribution in [0.5, 0.6) is 0 Å². The van der Waals surface area contributed by atoms with Crippen molar-refractivity contribution in [3.05, 3.63) is 77.4 Å². The van der Waals surface area contributed by atoms with Gasteiger partial charge in [-0.15, -0.1) is 0 Å². The third-order valence-electron chi connectivity index (χ3n) is 5.87. The Hall–Kier alpha value is -1.62. The van der Waals surface area contributed by atoms with Crippen LogP contribution in [0.2, 0.25) is 13.1 Å². The summed E-state index contributed by atoms with van der Waals surface area (Å²) in [6.45, 7) is 13.2. The van der Waals surface area contributed by atoms with E-state index in [0.717, 1.165) is 6.42 Å². The summed E-state index contributed by atoms with van der Waals surface area (Å²) in [4.78, 5) is 0. The predicted octanol–water partition coefficient (Wildman–Crippen LogP) is 4.94. The highest BCUT2D eigenvalue weighted by atomic mass is 28.3. The number of benzene rings is 2. The SMILES string of the molecule is CC1(C)OB(/C(=C\[Si](C)(C)c2ccccc2)Cc2ccccc2)OC1(C)C. The van der Waals surface area contributed by atoms with E-state index >= 15 is 0 Å². The van der Waals surface area contributed by atoms with Crippen molar-refractivity contribution in [2.24, 2.45) is 0 Å². The van der Waals surface area contributed by atoms with Gasteiger partial charge in [-0.25, -0.2) is 0 Å². The summed E-state index contributed by atoms with van der Waals surface area (Å²) < 4.78 is 12.8. The molecule has 1 heterocycles. The zero-order valence-electron chi connectivity index (χ0n) is 17.5. The molecule has 1 saturated heterocycles. The lowest BCUT2D eigenvalue weighted by molar-refractivity contribution is 0.00578. The van der Waals surface area contributed by atoms with Gasteiger partial charge < -0.3 is 9.31 Å². The lowest BCUT2D eigenvalue weighted by atomic mass is 9.76. The van der Waals surface area contributed by atoms with Gasteiger partial charge in [0.25, 0.3) is 0 Å². The van der Waals surface area contributed by atoms with Crippen molar-refractivity contribution in [1.29, 1.82) is 0 Å². The number of allylic oxidation sites excluding steroid dienone is 1. The summed E-state index contributed by atoms with van der Waals surface area (Å²) in [5.41, 5.74) is 4.34. The molecule has 3 rings (SSSR count). The molecule has 0 N–H and O–H groups in total. The van der Waals surface area contributed by atoms with E-state index in [0.29, 0.717) is 0 Å². The molecule has 2 aromatic rings. The van der Waals surface area contributed by atoms with Crippen LogP contribution in [0, 0.1) is 0 Å². The van der Waals surface area contributed by atoms with Crippen molar-refractivity contribution < 1.29 is 9.31 Å². The van der Waals surface area contributed by atoms with Crippen LogP contribution >= 0.6 is 0 Å². The highest BCUT2D eigenvalue weighted by molar-refractivity contribution is 6.94. The Morgan fingerprint density at radius 2 is 1.33 bits per heavy atom. The maximum Gasteiger partial charge on any atom is 0.490 e. The lowest BCUT2D eigenvalue weighted by Gasteiger charge is -2.32. The molecule has 0 bridgehead atoms. The van der Waals surface area contributed by atoms with Gasteiger partial charge >= 0.3 is 7.12 Å². The quantitative estimate of drug-likeness (QED) is 0.686. The first-order valence-corrected chi connectivity index (χ1v) is 12.9. The molecular formula is C23H31BO2Si. The Morgan fingerprint density at radius 1 is 0.852 bits per heavy atom. The molecule has 2 nitrogen and oxygen atoms in total. The molecule has 1 aliphatic heterocycles. The summed E-state index contributed by atoms with van der Waals surface area (Å²) in [5.74, 6) is 0. The summed E-state index contributed by atoms with van der Waals surface area (Å²) in [7, 11) is -2.08. The molecule has 142 valence electrons. The maximum absolute atomic E-state index is 6.41. The van der Waals surface area contributed by atoms with Crippen molar-refractivity contribution in [3.63, 3.8) is 0 Å². The lowest BCUT2D eigenvalue weighted by Crippen LogP contribution is -2.41. The zero-order valence-corrected chi connectivity index (χ0v) is 18.5. The maximum atomic E-state index is 6.41. The van der Waals surface area contributed by atoms with Crippen molar-refractivity contribution in [3.8, 4) is 0 Å². The van der Waals surface area contributed by atoms with Gasteiger partial charge in [-0.05, 0) is 45.2 Å². The minimum atomic E-state index is -1.78. The molecule has 2 aromatic carbocycles. The summed E-state index contributed by atoms with van der Waals surface area (Å²) in [6.07, 6.45) is 0.848. The first-order valence-electron chi connectivity index (χ1n) is 9.77. The van der Waals surface area contributed by atoms with E-state index in [1.165, 1.54) is 16.2 Å². The third-order valence-corrected chi connectivity index (χ3v) is 8.78. The van der Waals surface area contributed by atoms with E-state index in [2.05, 4.69) is 107 Å². The summed E-state index contributed by atoms with van der Waals surface area (Å²) in [5, 5.41) is 1.42. The monoisotopic (exact) mass is 378 g/mol. The normalized spacial score (nSPS) is 19.3. The second kappa shape index (κ2) is 7.42. The van der Waals surface area contributed by atoms with Crippen molar-refractivity contribution >= 4 is 20.4 Å². The molecule has 0 radical (unpaired) electrons. The minimum absolute atomic E-state index is 0.300. The van der Waals surface area contributed by atoms with Crippen molar-refractivity contribution in [2.45, 2.75) is 58.4 Å². The fourth-order valence-corrected chi connectivity index (χ4v) is 5.83. The van der Waals surface area contributed by atoms with Crippen LogP contribution in [0.25, 0.3) is 0 Å². The first kappa shape index (κ1) is 20.1. The molecule has 1 fully saturated rings. The van der Waals surface area contributed by atoms with Gasteiger partial charge in [-0.3, -0.25) is 0 Å². The second-order valence-corrected chi connectivity index (χ2v) is 13.4.